The number of anilines is 4. The highest BCUT2D eigenvalue weighted by molar-refractivity contribution is 6.04. The molecule has 7 nitrogen and oxygen atoms in total. The molecule has 2 bridgehead atoms. The highest BCUT2D eigenvalue weighted by Crippen LogP contribution is 2.41. The molecular formula is C21H23F3N6O. The zero-order valence-electron chi connectivity index (χ0n) is 16.8. The van der Waals surface area contributed by atoms with Crippen molar-refractivity contribution in [2.45, 2.75) is 43.9 Å². The first kappa shape index (κ1) is 19.9. The standard InChI is InChI=1S/C21H23F3N6O/c22-21(23,24)16-6-4-12-29(16)18-9-8-15-19(27-18)30(14-5-3-11-28(15)13-14)20(31)26-17-7-1-2-10-25-17/h1-2,7-10,14,16H,3-6,11-13H2,(H,25,26,31)/t14?,16-/m0/s1. The Morgan fingerprint density at radius 3 is 2.71 bits per heavy atom. The number of nitrogens with zero attached hydrogens (tertiary/aromatic N) is 5. The van der Waals surface area contributed by atoms with Gasteiger partial charge in [0.1, 0.15) is 17.7 Å². The average molecular weight is 432 g/mol. The van der Waals surface area contributed by atoms with Crippen LogP contribution in [0.1, 0.15) is 25.7 Å². The molecule has 2 saturated heterocycles. The molecule has 31 heavy (non-hydrogen) atoms. The van der Waals surface area contributed by atoms with Gasteiger partial charge in [-0.15, -0.1) is 0 Å². The SMILES string of the molecule is O=C(Nc1ccccn1)N1c2nc(N3CCC[C@H]3C(F)(F)F)ccc2N2CCCC1C2. The summed E-state index contributed by atoms with van der Waals surface area (Å²) in [6.07, 6.45) is -0.469. The van der Waals surface area contributed by atoms with Crippen LogP contribution in [0.2, 0.25) is 0 Å². The van der Waals surface area contributed by atoms with Crippen LogP contribution >= 0.6 is 0 Å². The van der Waals surface area contributed by atoms with E-state index in [2.05, 4.69) is 20.2 Å². The molecule has 10 heteroatoms. The summed E-state index contributed by atoms with van der Waals surface area (Å²) in [6.45, 7) is 1.82. The first-order chi connectivity index (χ1) is 14.9. The van der Waals surface area contributed by atoms with E-state index in [-0.39, 0.29) is 24.3 Å². The molecule has 0 spiro atoms. The number of carbonyl (C=O) groups is 1. The summed E-state index contributed by atoms with van der Waals surface area (Å²) in [4.78, 5) is 27.0. The largest absolute Gasteiger partial charge is 0.408 e. The Hall–Kier alpha value is -3.04. The van der Waals surface area contributed by atoms with E-state index in [0.717, 1.165) is 25.1 Å². The smallest absolute Gasteiger partial charge is 0.366 e. The Bertz CT molecular complexity index is 969. The molecule has 1 N–H and O–H groups in total. The molecule has 2 aromatic rings. The predicted octanol–water partition coefficient (Wildman–Crippen LogP) is 4.03. The molecular weight excluding hydrogens is 409 g/mol. The van der Waals surface area contributed by atoms with Crippen molar-refractivity contribution < 1.29 is 18.0 Å². The molecule has 0 aliphatic carbocycles. The lowest BCUT2D eigenvalue weighted by atomic mass is 10.00. The highest BCUT2D eigenvalue weighted by atomic mass is 19.4. The third kappa shape index (κ3) is 3.64. The highest BCUT2D eigenvalue weighted by Gasteiger charge is 2.47. The molecule has 2 atom stereocenters. The Kier molecular flexibility index (Phi) is 4.86. The number of hydrogen-bond donors (Lipinski definition) is 1. The number of piperidine rings is 1. The molecule has 2 amide bonds. The number of urea groups is 1. The van der Waals surface area contributed by atoms with Crippen LogP contribution in [0.4, 0.5) is 41.1 Å². The van der Waals surface area contributed by atoms with E-state index in [1.807, 2.05) is 0 Å². The minimum Gasteiger partial charge on any atom is -0.366 e. The van der Waals surface area contributed by atoms with Gasteiger partial charge in [0.05, 0.1) is 11.7 Å². The van der Waals surface area contributed by atoms with Crippen LogP contribution < -0.4 is 20.0 Å². The Balaban J connectivity index is 1.51. The number of rotatable bonds is 2. The summed E-state index contributed by atoms with van der Waals surface area (Å²) in [5.41, 5.74) is 0.777. The summed E-state index contributed by atoms with van der Waals surface area (Å²) in [7, 11) is 0. The third-order valence-corrected chi connectivity index (χ3v) is 6.21. The van der Waals surface area contributed by atoms with Gasteiger partial charge in [-0.25, -0.2) is 14.8 Å². The number of fused-ring (bicyclic) bond motifs is 4. The summed E-state index contributed by atoms with van der Waals surface area (Å²) < 4.78 is 40.5. The van der Waals surface area contributed by atoms with Gasteiger partial charge in [0.25, 0.3) is 0 Å². The number of pyridine rings is 2. The summed E-state index contributed by atoms with van der Waals surface area (Å²) in [5.74, 6) is 1.09. The van der Waals surface area contributed by atoms with Crippen molar-refractivity contribution in [3.05, 3.63) is 36.5 Å². The van der Waals surface area contributed by atoms with Gasteiger partial charge >= 0.3 is 12.2 Å². The number of hydrogen-bond acceptors (Lipinski definition) is 5. The van der Waals surface area contributed by atoms with E-state index in [4.69, 9.17) is 0 Å². The maximum absolute atomic E-state index is 13.5. The van der Waals surface area contributed by atoms with Gasteiger partial charge in [-0.1, -0.05) is 6.07 Å². The van der Waals surface area contributed by atoms with Crippen LogP contribution in [-0.4, -0.2) is 53.9 Å². The molecule has 3 aliphatic rings. The van der Waals surface area contributed by atoms with Gasteiger partial charge in [0.2, 0.25) is 0 Å². The van der Waals surface area contributed by atoms with Gasteiger partial charge in [-0.3, -0.25) is 10.2 Å². The monoisotopic (exact) mass is 432 g/mol. The normalized spacial score (nSPS) is 23.0. The molecule has 2 aromatic heterocycles. The van der Waals surface area contributed by atoms with Crippen LogP contribution in [0.15, 0.2) is 36.5 Å². The number of alkyl halides is 3. The second kappa shape index (κ2) is 7.58. The van der Waals surface area contributed by atoms with Gasteiger partial charge in [0.15, 0.2) is 5.82 Å². The van der Waals surface area contributed by atoms with E-state index in [1.165, 1.54) is 4.90 Å². The molecule has 5 rings (SSSR count). The van der Waals surface area contributed by atoms with Crippen molar-refractivity contribution >= 4 is 29.2 Å². The first-order valence-corrected chi connectivity index (χ1v) is 10.5. The van der Waals surface area contributed by atoms with E-state index in [1.54, 1.807) is 41.4 Å². The second-order valence-electron chi connectivity index (χ2n) is 8.16. The zero-order chi connectivity index (χ0) is 21.6. The van der Waals surface area contributed by atoms with Gasteiger partial charge in [0, 0.05) is 25.8 Å². The number of carbonyl (C=O) groups excluding carboxylic acids is 1. The van der Waals surface area contributed by atoms with Crippen molar-refractivity contribution in [2.24, 2.45) is 0 Å². The predicted molar refractivity (Wildman–Crippen MR) is 112 cm³/mol. The van der Waals surface area contributed by atoms with Crippen molar-refractivity contribution in [3.8, 4) is 0 Å². The molecule has 0 saturated carbocycles. The van der Waals surface area contributed by atoms with Crippen molar-refractivity contribution in [3.63, 3.8) is 0 Å². The number of nitrogens with one attached hydrogen (secondary N) is 1. The molecule has 5 heterocycles. The third-order valence-electron chi connectivity index (χ3n) is 6.21. The summed E-state index contributed by atoms with van der Waals surface area (Å²) >= 11 is 0. The first-order valence-electron chi connectivity index (χ1n) is 10.5. The van der Waals surface area contributed by atoms with Crippen molar-refractivity contribution in [1.82, 2.24) is 9.97 Å². The van der Waals surface area contributed by atoms with E-state index in [0.29, 0.717) is 31.1 Å². The van der Waals surface area contributed by atoms with Crippen LogP contribution in [0.25, 0.3) is 0 Å². The van der Waals surface area contributed by atoms with Crippen molar-refractivity contribution in [1.29, 1.82) is 0 Å². The van der Waals surface area contributed by atoms with Crippen molar-refractivity contribution in [2.75, 3.05) is 39.7 Å². The Labute approximate surface area is 177 Å². The molecule has 0 radical (unpaired) electrons. The fraction of sp³-hybridized carbons (Fsp3) is 0.476. The lowest BCUT2D eigenvalue weighted by Gasteiger charge is -2.46. The summed E-state index contributed by atoms with van der Waals surface area (Å²) in [6, 6.07) is 6.66. The minimum absolute atomic E-state index is 0.0564. The molecule has 3 aliphatic heterocycles. The lowest BCUT2D eigenvalue weighted by Crippen LogP contribution is -2.56. The number of aromatic nitrogens is 2. The number of amides is 2. The molecule has 1 unspecified atom stereocenters. The lowest BCUT2D eigenvalue weighted by molar-refractivity contribution is -0.146. The fourth-order valence-electron chi connectivity index (χ4n) is 4.82. The fourth-order valence-corrected chi connectivity index (χ4v) is 4.82. The molecule has 0 aromatic carbocycles. The quantitative estimate of drug-likeness (QED) is 0.776. The maximum atomic E-state index is 13.5. The van der Waals surface area contributed by atoms with Gasteiger partial charge < -0.3 is 9.80 Å². The van der Waals surface area contributed by atoms with E-state index >= 15 is 0 Å². The van der Waals surface area contributed by atoms with E-state index < -0.39 is 12.2 Å². The minimum atomic E-state index is -4.32. The second-order valence-corrected chi connectivity index (χ2v) is 8.16. The van der Waals surface area contributed by atoms with Gasteiger partial charge in [-0.05, 0) is 49.9 Å². The summed E-state index contributed by atoms with van der Waals surface area (Å²) in [5, 5.41) is 2.80. The van der Waals surface area contributed by atoms with Crippen LogP contribution in [0.3, 0.4) is 0 Å². The molecule has 2 fully saturated rings. The topological polar surface area (TPSA) is 64.6 Å². The maximum Gasteiger partial charge on any atom is 0.408 e. The van der Waals surface area contributed by atoms with Gasteiger partial charge in [-0.2, -0.15) is 13.2 Å². The van der Waals surface area contributed by atoms with E-state index in [9.17, 15) is 18.0 Å². The van der Waals surface area contributed by atoms with Crippen LogP contribution in [-0.2, 0) is 0 Å². The number of halogens is 3. The van der Waals surface area contributed by atoms with Crippen LogP contribution in [0, 0.1) is 0 Å². The zero-order valence-corrected chi connectivity index (χ0v) is 16.8. The Morgan fingerprint density at radius 1 is 1.10 bits per heavy atom. The van der Waals surface area contributed by atoms with Crippen LogP contribution in [0.5, 0.6) is 0 Å². The average Bonchev–Trinajstić information content (AvgIpc) is 3.25. The Morgan fingerprint density at radius 2 is 1.94 bits per heavy atom. The molecule has 164 valence electrons.